The van der Waals surface area contributed by atoms with Crippen molar-refractivity contribution in [2.75, 3.05) is 19.7 Å². The number of non-ortho nitro benzene ring substituents is 1. The lowest BCUT2D eigenvalue weighted by atomic mass is 10.0. The molecule has 0 radical (unpaired) electrons. The fourth-order valence-corrected chi connectivity index (χ4v) is 5.28. The van der Waals surface area contributed by atoms with Crippen molar-refractivity contribution in [2.24, 2.45) is 0 Å². The van der Waals surface area contributed by atoms with Crippen LogP contribution in [0.4, 0.5) is 10.5 Å². The highest BCUT2D eigenvalue weighted by atomic mass is 16.6. The number of piperidine rings is 1. The number of carbonyl (C=O) groups excluding carboxylic acids is 1. The van der Waals surface area contributed by atoms with Gasteiger partial charge in [0.25, 0.3) is 5.69 Å². The molecule has 1 amide bonds. The first-order valence-electron chi connectivity index (χ1n) is 13.5. The van der Waals surface area contributed by atoms with Crippen LogP contribution >= 0.6 is 0 Å². The third kappa shape index (κ3) is 6.23. The first kappa shape index (κ1) is 27.1. The number of hydrogen-bond acceptors (Lipinski definition) is 6. The van der Waals surface area contributed by atoms with Gasteiger partial charge in [0.05, 0.1) is 16.0 Å². The largest absolute Gasteiger partial charge is 0.448 e. The number of likely N-dealkylation sites (tertiary alicyclic amines) is 1. The third-order valence-corrected chi connectivity index (χ3v) is 7.54. The number of hydrogen-bond donors (Lipinski definition) is 1. The molecule has 4 aromatic rings. The van der Waals surface area contributed by atoms with Gasteiger partial charge in [-0.1, -0.05) is 54.6 Å². The van der Waals surface area contributed by atoms with Crippen LogP contribution in [0.3, 0.4) is 0 Å². The van der Waals surface area contributed by atoms with Gasteiger partial charge in [0, 0.05) is 50.4 Å². The Kier molecular flexibility index (Phi) is 8.26. The molecule has 208 valence electrons. The number of nitro benzene ring substituents is 1. The summed E-state index contributed by atoms with van der Waals surface area (Å²) in [6.07, 6.45) is 0.992. The number of amides is 1. The van der Waals surface area contributed by atoms with Crippen molar-refractivity contribution in [3.63, 3.8) is 0 Å². The second-order valence-electron chi connectivity index (χ2n) is 10.3. The molecule has 0 spiro atoms. The fourth-order valence-electron chi connectivity index (χ4n) is 5.28. The number of nitro groups is 1. The lowest BCUT2D eigenvalue weighted by Gasteiger charge is -2.33. The van der Waals surface area contributed by atoms with Crippen molar-refractivity contribution >= 4 is 22.8 Å². The van der Waals surface area contributed by atoms with Crippen LogP contribution in [-0.4, -0.2) is 56.1 Å². The number of imidazole rings is 1. The summed E-state index contributed by atoms with van der Waals surface area (Å²) >= 11 is 0. The monoisotopic (exact) mass is 543 g/mol. The molecule has 10 nitrogen and oxygen atoms in total. The molecular formula is C30H33N5O5. The van der Waals surface area contributed by atoms with Gasteiger partial charge in [0.15, 0.2) is 0 Å². The highest BCUT2D eigenvalue weighted by Gasteiger charge is 2.27. The summed E-state index contributed by atoms with van der Waals surface area (Å²) in [6.45, 7) is 4.44. The van der Waals surface area contributed by atoms with Crippen molar-refractivity contribution in [3.8, 4) is 0 Å². The van der Waals surface area contributed by atoms with Crippen LogP contribution in [0.25, 0.3) is 11.0 Å². The lowest BCUT2D eigenvalue weighted by Crippen LogP contribution is -2.42. The van der Waals surface area contributed by atoms with E-state index in [1.54, 1.807) is 21.6 Å². The zero-order valence-electron chi connectivity index (χ0n) is 22.4. The summed E-state index contributed by atoms with van der Waals surface area (Å²) in [4.78, 5) is 43.0. The van der Waals surface area contributed by atoms with E-state index in [1.807, 2.05) is 61.5 Å². The maximum atomic E-state index is 13.0. The van der Waals surface area contributed by atoms with Crippen molar-refractivity contribution in [1.82, 2.24) is 19.4 Å². The molecule has 1 saturated heterocycles. The van der Waals surface area contributed by atoms with E-state index in [9.17, 15) is 19.7 Å². The molecule has 3 aromatic carbocycles. The molecule has 10 heteroatoms. The van der Waals surface area contributed by atoms with Crippen LogP contribution in [0.2, 0.25) is 0 Å². The molecule has 1 aliphatic rings. The van der Waals surface area contributed by atoms with Crippen LogP contribution in [0, 0.1) is 10.1 Å². The Morgan fingerprint density at radius 3 is 2.30 bits per heavy atom. The summed E-state index contributed by atoms with van der Waals surface area (Å²) in [5.41, 5.74) is 3.69. The number of fused-ring (bicyclic) bond motifs is 1. The number of carbonyl (C=O) groups is 1. The van der Waals surface area contributed by atoms with Gasteiger partial charge in [-0.3, -0.25) is 19.6 Å². The van der Waals surface area contributed by atoms with E-state index < -0.39 is 4.92 Å². The number of ether oxygens (including phenoxy) is 1. The number of aromatic amines is 1. The number of benzene rings is 3. The van der Waals surface area contributed by atoms with Crippen molar-refractivity contribution < 1.29 is 14.5 Å². The average molecular weight is 544 g/mol. The summed E-state index contributed by atoms with van der Waals surface area (Å²) in [5.74, 6) is 0. The molecule has 2 heterocycles. The number of para-hydroxylation sites is 2. The number of H-pyrrole nitrogens is 1. The lowest BCUT2D eigenvalue weighted by molar-refractivity contribution is -0.384. The maximum Gasteiger partial charge on any atom is 0.409 e. The molecule has 0 aliphatic carbocycles. The summed E-state index contributed by atoms with van der Waals surface area (Å²) in [6, 6.07) is 24.1. The quantitative estimate of drug-likeness (QED) is 0.232. The summed E-state index contributed by atoms with van der Waals surface area (Å²) < 4.78 is 7.56. The van der Waals surface area contributed by atoms with Gasteiger partial charge in [-0.15, -0.1) is 0 Å². The van der Waals surface area contributed by atoms with E-state index in [4.69, 9.17) is 4.74 Å². The van der Waals surface area contributed by atoms with Crippen molar-refractivity contribution in [2.45, 2.75) is 44.9 Å². The number of nitrogens with zero attached hydrogens (tertiary/aromatic N) is 4. The number of rotatable bonds is 9. The van der Waals surface area contributed by atoms with Gasteiger partial charge in [-0.05, 0) is 43.0 Å². The van der Waals surface area contributed by atoms with Gasteiger partial charge in [0.1, 0.15) is 6.61 Å². The minimum atomic E-state index is -0.408. The number of nitrogens with one attached hydrogen (secondary N) is 1. The van der Waals surface area contributed by atoms with E-state index in [2.05, 4.69) is 9.88 Å². The van der Waals surface area contributed by atoms with Crippen LogP contribution in [0.5, 0.6) is 0 Å². The van der Waals surface area contributed by atoms with E-state index in [0.29, 0.717) is 39.0 Å². The van der Waals surface area contributed by atoms with E-state index >= 15 is 0 Å². The second-order valence-corrected chi connectivity index (χ2v) is 10.3. The van der Waals surface area contributed by atoms with Gasteiger partial charge in [0.2, 0.25) is 0 Å². The van der Waals surface area contributed by atoms with Crippen LogP contribution in [0.1, 0.15) is 36.9 Å². The Morgan fingerprint density at radius 1 is 1.00 bits per heavy atom. The van der Waals surface area contributed by atoms with Gasteiger partial charge >= 0.3 is 11.8 Å². The second kappa shape index (κ2) is 12.2. The highest BCUT2D eigenvalue weighted by molar-refractivity contribution is 5.75. The Hall–Kier alpha value is -4.44. The Balaban J connectivity index is 1.19. The minimum Gasteiger partial charge on any atom is -0.448 e. The van der Waals surface area contributed by atoms with E-state index in [1.165, 1.54) is 12.1 Å². The zero-order valence-corrected chi connectivity index (χ0v) is 22.4. The fraction of sp³-hybridized carbons (Fsp3) is 0.333. The Bertz CT molecular complexity index is 1510. The standard InChI is InChI=1S/C30H33N5O5/c1-22(33(19-23-7-3-2-4-8-23)20-24-11-13-26(14-12-24)35(38)39)21-40-30(37)32-17-15-25(16-18-32)34-28-10-6-5-9-27(28)31-29(34)36/h2-14,22,25H,15-21H2,1H3,(H,31,36)/t22-/m0/s1. The molecule has 1 aromatic heterocycles. The zero-order chi connectivity index (χ0) is 28.1. The molecule has 1 fully saturated rings. The topological polar surface area (TPSA) is 114 Å². The highest BCUT2D eigenvalue weighted by Crippen LogP contribution is 2.25. The normalized spacial score (nSPS) is 14.9. The van der Waals surface area contributed by atoms with Crippen LogP contribution in [0.15, 0.2) is 83.7 Å². The SMILES string of the molecule is C[C@@H](COC(=O)N1CCC(n2c(=O)[nH]c3ccccc32)CC1)N(Cc1ccccc1)Cc1ccc([N+](=O)[O-])cc1. The molecule has 1 atom stereocenters. The van der Waals surface area contributed by atoms with Crippen molar-refractivity contribution in [3.05, 3.63) is 111 Å². The minimum absolute atomic E-state index is 0.0229. The molecule has 1 N–H and O–H groups in total. The first-order valence-corrected chi connectivity index (χ1v) is 13.5. The molecule has 0 unspecified atom stereocenters. The molecule has 1 aliphatic heterocycles. The third-order valence-electron chi connectivity index (χ3n) is 7.54. The molecule has 40 heavy (non-hydrogen) atoms. The van der Waals surface area contributed by atoms with Gasteiger partial charge in [-0.25, -0.2) is 9.59 Å². The van der Waals surface area contributed by atoms with E-state index in [0.717, 1.165) is 22.2 Å². The molecule has 5 rings (SSSR count). The Labute approximate surface area is 231 Å². The smallest absolute Gasteiger partial charge is 0.409 e. The molecular weight excluding hydrogens is 510 g/mol. The predicted molar refractivity (Wildman–Crippen MR) is 152 cm³/mol. The average Bonchev–Trinajstić information content (AvgIpc) is 3.32. The van der Waals surface area contributed by atoms with Crippen molar-refractivity contribution in [1.29, 1.82) is 0 Å². The van der Waals surface area contributed by atoms with Gasteiger partial charge < -0.3 is 14.6 Å². The summed E-state index contributed by atoms with van der Waals surface area (Å²) in [7, 11) is 0. The number of aromatic nitrogens is 2. The maximum absolute atomic E-state index is 13.0. The Morgan fingerprint density at radius 2 is 1.62 bits per heavy atom. The van der Waals surface area contributed by atoms with Gasteiger partial charge in [-0.2, -0.15) is 0 Å². The summed E-state index contributed by atoms with van der Waals surface area (Å²) in [5, 5.41) is 11.0. The van der Waals surface area contributed by atoms with Crippen LogP contribution < -0.4 is 5.69 Å². The predicted octanol–water partition coefficient (Wildman–Crippen LogP) is 5.10. The van der Waals surface area contributed by atoms with Crippen LogP contribution in [-0.2, 0) is 17.8 Å². The van der Waals surface area contributed by atoms with E-state index in [-0.39, 0.29) is 36.2 Å². The first-order chi connectivity index (χ1) is 19.4. The molecule has 0 saturated carbocycles. The molecule has 0 bridgehead atoms.